The van der Waals surface area contributed by atoms with Crippen LogP contribution in [0.3, 0.4) is 0 Å². The Hall–Kier alpha value is -2.07. The summed E-state index contributed by atoms with van der Waals surface area (Å²) in [4.78, 5) is 14.3. The van der Waals surface area contributed by atoms with Gasteiger partial charge in [-0.15, -0.1) is 0 Å². The Morgan fingerprint density at radius 2 is 1.86 bits per heavy atom. The Morgan fingerprint density at radius 3 is 2.43 bits per heavy atom. The summed E-state index contributed by atoms with van der Waals surface area (Å²) in [7, 11) is 0. The molecule has 0 aliphatic carbocycles. The average molecular weight is 287 g/mol. The monoisotopic (exact) mass is 287 g/mol. The van der Waals surface area contributed by atoms with E-state index in [9.17, 15) is 4.79 Å². The molecular weight excluding hydrogens is 266 g/mol. The molecule has 1 atom stereocenters. The maximum atomic E-state index is 12.1. The van der Waals surface area contributed by atoms with Crippen LogP contribution in [0.1, 0.15) is 36.1 Å². The van der Waals surface area contributed by atoms with E-state index in [-0.39, 0.29) is 11.9 Å². The van der Waals surface area contributed by atoms with E-state index in [1.54, 1.807) is 12.1 Å². The number of carbonyl (C=O) groups is 1. The molecule has 1 aromatic heterocycles. The standard InChI is InChI=1S/C17H21NO3/c1-3-18(4-2)13-16(14-9-6-5-7-10-14)21-17(19)15-11-8-12-20-15/h5-12,16H,3-4,13H2,1-2H3. The summed E-state index contributed by atoms with van der Waals surface area (Å²) in [5.41, 5.74) is 0.990. The molecule has 0 aliphatic heterocycles. The van der Waals surface area contributed by atoms with Gasteiger partial charge in [-0.3, -0.25) is 4.90 Å². The highest BCUT2D eigenvalue weighted by Crippen LogP contribution is 2.20. The van der Waals surface area contributed by atoms with Gasteiger partial charge in [0.1, 0.15) is 6.10 Å². The molecule has 4 heteroatoms. The molecule has 0 radical (unpaired) electrons. The van der Waals surface area contributed by atoms with Crippen LogP contribution >= 0.6 is 0 Å². The van der Waals surface area contributed by atoms with Gasteiger partial charge in [-0.05, 0) is 30.8 Å². The molecule has 0 fully saturated rings. The number of benzene rings is 1. The fraction of sp³-hybridized carbons (Fsp3) is 0.353. The van der Waals surface area contributed by atoms with Gasteiger partial charge >= 0.3 is 5.97 Å². The first-order valence-electron chi connectivity index (χ1n) is 7.26. The summed E-state index contributed by atoms with van der Waals surface area (Å²) in [5, 5.41) is 0. The molecule has 1 aromatic carbocycles. The zero-order valence-electron chi connectivity index (χ0n) is 12.5. The first-order valence-corrected chi connectivity index (χ1v) is 7.26. The van der Waals surface area contributed by atoms with Gasteiger partial charge in [0, 0.05) is 6.54 Å². The first-order chi connectivity index (χ1) is 10.2. The van der Waals surface area contributed by atoms with Gasteiger partial charge in [0.2, 0.25) is 5.76 Å². The minimum absolute atomic E-state index is 0.232. The molecule has 2 rings (SSSR count). The Kier molecular flexibility index (Phi) is 5.58. The molecule has 21 heavy (non-hydrogen) atoms. The lowest BCUT2D eigenvalue weighted by Crippen LogP contribution is -2.30. The number of ether oxygens (including phenoxy) is 1. The van der Waals surface area contributed by atoms with Crippen molar-refractivity contribution < 1.29 is 13.9 Å². The Balaban J connectivity index is 2.14. The van der Waals surface area contributed by atoms with E-state index < -0.39 is 5.97 Å². The summed E-state index contributed by atoms with van der Waals surface area (Å²) in [6.45, 7) is 6.69. The summed E-state index contributed by atoms with van der Waals surface area (Å²) in [6.07, 6.45) is 1.17. The second kappa shape index (κ2) is 7.64. The van der Waals surface area contributed by atoms with E-state index in [2.05, 4.69) is 18.7 Å². The number of hydrogen-bond donors (Lipinski definition) is 0. The van der Waals surface area contributed by atoms with Crippen LogP contribution in [0.2, 0.25) is 0 Å². The molecule has 1 heterocycles. The largest absolute Gasteiger partial charge is 0.457 e. The second-order valence-corrected chi connectivity index (χ2v) is 4.77. The molecule has 0 spiro atoms. The Morgan fingerprint density at radius 1 is 1.14 bits per heavy atom. The normalized spacial score (nSPS) is 12.3. The number of carbonyl (C=O) groups excluding carboxylic acids is 1. The van der Waals surface area contributed by atoms with Crippen LogP contribution in [0.4, 0.5) is 0 Å². The summed E-state index contributed by atoms with van der Waals surface area (Å²) in [5.74, 6) is -0.198. The van der Waals surface area contributed by atoms with Crippen molar-refractivity contribution in [2.75, 3.05) is 19.6 Å². The van der Waals surface area contributed by atoms with Gasteiger partial charge in [0.15, 0.2) is 0 Å². The zero-order chi connectivity index (χ0) is 15.1. The van der Waals surface area contributed by atoms with Crippen LogP contribution in [-0.2, 0) is 4.74 Å². The molecular formula is C17H21NO3. The Bertz CT molecular complexity index is 532. The predicted molar refractivity (Wildman–Crippen MR) is 81.1 cm³/mol. The van der Waals surface area contributed by atoms with Gasteiger partial charge in [0.25, 0.3) is 0 Å². The average Bonchev–Trinajstić information content (AvgIpc) is 3.06. The van der Waals surface area contributed by atoms with Crippen molar-refractivity contribution >= 4 is 5.97 Å². The fourth-order valence-corrected chi connectivity index (χ4v) is 2.18. The van der Waals surface area contributed by atoms with Gasteiger partial charge in [0.05, 0.1) is 6.26 Å². The van der Waals surface area contributed by atoms with Gasteiger partial charge in [-0.1, -0.05) is 44.2 Å². The van der Waals surface area contributed by atoms with Crippen LogP contribution in [0, 0.1) is 0 Å². The van der Waals surface area contributed by atoms with Crippen molar-refractivity contribution in [2.24, 2.45) is 0 Å². The third kappa shape index (κ3) is 4.20. The molecule has 0 N–H and O–H groups in total. The van der Waals surface area contributed by atoms with Crippen molar-refractivity contribution in [2.45, 2.75) is 20.0 Å². The highest BCUT2D eigenvalue weighted by Gasteiger charge is 2.21. The maximum Gasteiger partial charge on any atom is 0.374 e. The molecule has 4 nitrogen and oxygen atoms in total. The first kappa shape index (κ1) is 15.3. The second-order valence-electron chi connectivity index (χ2n) is 4.77. The van der Waals surface area contributed by atoms with Gasteiger partial charge < -0.3 is 9.15 Å². The molecule has 112 valence electrons. The maximum absolute atomic E-state index is 12.1. The molecule has 0 bridgehead atoms. The van der Waals surface area contributed by atoms with Crippen molar-refractivity contribution in [1.29, 1.82) is 0 Å². The topological polar surface area (TPSA) is 42.7 Å². The van der Waals surface area contributed by atoms with Crippen molar-refractivity contribution in [3.8, 4) is 0 Å². The van der Waals surface area contributed by atoms with Gasteiger partial charge in [-0.2, -0.15) is 0 Å². The lowest BCUT2D eigenvalue weighted by Gasteiger charge is -2.25. The number of esters is 1. The summed E-state index contributed by atoms with van der Waals surface area (Å²) < 4.78 is 10.7. The number of hydrogen-bond acceptors (Lipinski definition) is 4. The molecule has 0 saturated carbocycles. The highest BCUT2D eigenvalue weighted by molar-refractivity contribution is 5.86. The zero-order valence-corrected chi connectivity index (χ0v) is 12.5. The van der Waals surface area contributed by atoms with E-state index in [4.69, 9.17) is 9.15 Å². The molecule has 0 amide bonds. The molecule has 1 unspecified atom stereocenters. The summed E-state index contributed by atoms with van der Waals surface area (Å²) in [6, 6.07) is 13.1. The molecule has 0 aliphatic rings. The van der Waals surface area contributed by atoms with Crippen LogP contribution in [0.5, 0.6) is 0 Å². The lowest BCUT2D eigenvalue weighted by atomic mass is 10.1. The van der Waals surface area contributed by atoms with E-state index in [0.29, 0.717) is 6.54 Å². The van der Waals surface area contributed by atoms with Crippen molar-refractivity contribution in [3.05, 3.63) is 60.1 Å². The Labute approximate surface area is 125 Å². The van der Waals surface area contributed by atoms with Crippen LogP contribution in [-0.4, -0.2) is 30.5 Å². The quantitative estimate of drug-likeness (QED) is 0.731. The van der Waals surface area contributed by atoms with Crippen LogP contribution in [0.15, 0.2) is 53.1 Å². The third-order valence-electron chi connectivity index (χ3n) is 3.46. The minimum Gasteiger partial charge on any atom is -0.457 e. The third-order valence-corrected chi connectivity index (χ3v) is 3.46. The lowest BCUT2D eigenvalue weighted by molar-refractivity contribution is 0.0171. The van der Waals surface area contributed by atoms with Gasteiger partial charge in [-0.25, -0.2) is 4.79 Å². The summed E-state index contributed by atoms with van der Waals surface area (Å²) >= 11 is 0. The molecule has 2 aromatic rings. The number of likely N-dealkylation sites (N-methyl/N-ethyl adjacent to an activating group) is 1. The van der Waals surface area contributed by atoms with Crippen LogP contribution < -0.4 is 0 Å². The van der Waals surface area contributed by atoms with E-state index in [1.807, 2.05) is 30.3 Å². The minimum atomic E-state index is -0.430. The predicted octanol–water partition coefficient (Wildman–Crippen LogP) is 3.52. The van der Waals surface area contributed by atoms with Crippen molar-refractivity contribution in [1.82, 2.24) is 4.90 Å². The molecule has 0 saturated heterocycles. The van der Waals surface area contributed by atoms with E-state index >= 15 is 0 Å². The smallest absolute Gasteiger partial charge is 0.374 e. The number of rotatable bonds is 7. The van der Waals surface area contributed by atoms with E-state index in [1.165, 1.54) is 6.26 Å². The SMILES string of the molecule is CCN(CC)CC(OC(=O)c1ccco1)c1ccccc1. The number of furan rings is 1. The van der Waals surface area contributed by atoms with Crippen LogP contribution in [0.25, 0.3) is 0 Å². The fourth-order valence-electron chi connectivity index (χ4n) is 2.18. The highest BCUT2D eigenvalue weighted by atomic mass is 16.6. The van der Waals surface area contributed by atoms with E-state index in [0.717, 1.165) is 18.7 Å². The number of nitrogens with zero attached hydrogens (tertiary/aromatic N) is 1. The van der Waals surface area contributed by atoms with Crippen molar-refractivity contribution in [3.63, 3.8) is 0 Å².